The number of piperazine rings is 1. The molecule has 2 rings (SSSR count). The molecule has 0 aromatic heterocycles. The Bertz CT molecular complexity index is 350. The molecule has 0 N–H and O–H groups in total. The molecule has 2 saturated heterocycles. The van der Waals surface area contributed by atoms with Crippen LogP contribution in [0, 0.1) is 0 Å². The Labute approximate surface area is 107 Å². The average Bonchev–Trinajstić information content (AvgIpc) is 2.27. The zero-order valence-corrected chi connectivity index (χ0v) is 11.1. The molecule has 0 aromatic rings. The van der Waals surface area contributed by atoms with Gasteiger partial charge >= 0.3 is 12.1 Å². The first-order valence-electron chi connectivity index (χ1n) is 6.25. The predicted octanol–water partition coefficient (Wildman–Crippen LogP) is 0.464. The molecule has 0 saturated carbocycles. The van der Waals surface area contributed by atoms with Gasteiger partial charge in [-0.05, 0) is 20.8 Å². The summed E-state index contributed by atoms with van der Waals surface area (Å²) in [7, 11) is 0. The van der Waals surface area contributed by atoms with Crippen LogP contribution in [0.5, 0.6) is 0 Å². The first-order chi connectivity index (χ1) is 8.37. The normalized spacial score (nSPS) is 25.4. The lowest BCUT2D eigenvalue weighted by molar-refractivity contribution is -0.160. The van der Waals surface area contributed by atoms with Crippen molar-refractivity contribution in [1.82, 2.24) is 9.80 Å². The highest BCUT2D eigenvalue weighted by Crippen LogP contribution is 2.17. The van der Waals surface area contributed by atoms with Gasteiger partial charge in [-0.3, -0.25) is 9.69 Å². The van der Waals surface area contributed by atoms with Crippen LogP contribution in [0.25, 0.3) is 0 Å². The Morgan fingerprint density at radius 1 is 1.33 bits per heavy atom. The minimum Gasteiger partial charge on any atom is -0.463 e. The monoisotopic (exact) mass is 256 g/mol. The van der Waals surface area contributed by atoms with Crippen LogP contribution >= 0.6 is 0 Å². The van der Waals surface area contributed by atoms with E-state index in [2.05, 4.69) is 4.90 Å². The molecule has 6 heteroatoms. The number of rotatable bonds is 0. The predicted molar refractivity (Wildman–Crippen MR) is 64.1 cm³/mol. The van der Waals surface area contributed by atoms with Gasteiger partial charge in [-0.25, -0.2) is 4.79 Å². The maximum atomic E-state index is 11.9. The Hall–Kier alpha value is -1.30. The molecule has 0 spiro atoms. The van der Waals surface area contributed by atoms with Gasteiger partial charge in [0, 0.05) is 19.6 Å². The number of carbonyl (C=O) groups is 2. The minimum absolute atomic E-state index is 0.241. The lowest BCUT2D eigenvalue weighted by Crippen LogP contribution is -2.61. The van der Waals surface area contributed by atoms with Gasteiger partial charge in [-0.1, -0.05) is 0 Å². The van der Waals surface area contributed by atoms with Gasteiger partial charge in [0.15, 0.2) is 0 Å². The Balaban J connectivity index is 1.96. The molecule has 1 atom stereocenters. The molecule has 18 heavy (non-hydrogen) atoms. The highest BCUT2D eigenvalue weighted by atomic mass is 16.6. The quantitative estimate of drug-likeness (QED) is 0.589. The molecule has 6 nitrogen and oxygen atoms in total. The smallest absolute Gasteiger partial charge is 0.410 e. The maximum absolute atomic E-state index is 11.9. The van der Waals surface area contributed by atoms with Crippen molar-refractivity contribution in [3.63, 3.8) is 0 Å². The molecular formula is C12H20N2O4. The second-order valence-electron chi connectivity index (χ2n) is 5.65. The summed E-state index contributed by atoms with van der Waals surface area (Å²) in [6.45, 7) is 8.33. The van der Waals surface area contributed by atoms with E-state index in [-0.39, 0.29) is 18.1 Å². The van der Waals surface area contributed by atoms with Crippen molar-refractivity contribution >= 4 is 12.1 Å². The molecule has 2 aliphatic heterocycles. The molecule has 0 aliphatic carbocycles. The number of nitrogens with zero attached hydrogens (tertiary/aromatic N) is 2. The third-order valence-electron chi connectivity index (χ3n) is 3.04. The van der Waals surface area contributed by atoms with Crippen LogP contribution in [0.1, 0.15) is 20.8 Å². The second kappa shape index (κ2) is 4.76. The Morgan fingerprint density at radius 2 is 2.06 bits per heavy atom. The summed E-state index contributed by atoms with van der Waals surface area (Å²) in [5.41, 5.74) is -0.513. The van der Waals surface area contributed by atoms with E-state index in [0.717, 1.165) is 6.54 Å². The summed E-state index contributed by atoms with van der Waals surface area (Å²) >= 11 is 0. The van der Waals surface area contributed by atoms with E-state index in [0.29, 0.717) is 26.2 Å². The zero-order valence-electron chi connectivity index (χ0n) is 11.1. The van der Waals surface area contributed by atoms with Gasteiger partial charge < -0.3 is 14.4 Å². The summed E-state index contributed by atoms with van der Waals surface area (Å²) in [5, 5.41) is 0. The highest BCUT2D eigenvalue weighted by Gasteiger charge is 2.38. The molecule has 2 heterocycles. The molecule has 1 amide bonds. The number of morpholine rings is 1. The fourth-order valence-electron chi connectivity index (χ4n) is 2.16. The maximum Gasteiger partial charge on any atom is 0.410 e. The van der Waals surface area contributed by atoms with Gasteiger partial charge in [-0.2, -0.15) is 0 Å². The number of ether oxygens (including phenoxy) is 2. The fourth-order valence-corrected chi connectivity index (χ4v) is 2.16. The molecular weight excluding hydrogens is 236 g/mol. The van der Waals surface area contributed by atoms with Crippen molar-refractivity contribution in [3.05, 3.63) is 0 Å². The van der Waals surface area contributed by atoms with Crippen LogP contribution < -0.4 is 0 Å². The number of amides is 1. The average molecular weight is 256 g/mol. The van der Waals surface area contributed by atoms with E-state index in [1.807, 2.05) is 20.8 Å². The lowest BCUT2D eigenvalue weighted by Gasteiger charge is -2.42. The fraction of sp³-hybridized carbons (Fsp3) is 0.833. The van der Waals surface area contributed by atoms with Crippen molar-refractivity contribution in [1.29, 1.82) is 0 Å². The van der Waals surface area contributed by atoms with Crippen molar-refractivity contribution in [2.24, 2.45) is 0 Å². The van der Waals surface area contributed by atoms with E-state index in [1.165, 1.54) is 0 Å². The first kappa shape index (κ1) is 13.1. The highest BCUT2D eigenvalue weighted by molar-refractivity contribution is 5.78. The summed E-state index contributed by atoms with van der Waals surface area (Å²) in [6, 6.07) is -0.333. The molecule has 0 bridgehead atoms. The zero-order chi connectivity index (χ0) is 13.3. The summed E-state index contributed by atoms with van der Waals surface area (Å²) in [4.78, 5) is 27.2. The standard InChI is InChI=1S/C12H20N2O4/c1-12(2,3)18-11(16)14-5-4-13-6-7-17-10(15)9(13)8-14/h9H,4-8H2,1-3H3. The van der Waals surface area contributed by atoms with Gasteiger partial charge in [-0.15, -0.1) is 0 Å². The molecule has 2 fully saturated rings. The van der Waals surface area contributed by atoms with Crippen LogP contribution in [0.4, 0.5) is 4.79 Å². The van der Waals surface area contributed by atoms with E-state index in [4.69, 9.17) is 9.47 Å². The largest absolute Gasteiger partial charge is 0.463 e. The van der Waals surface area contributed by atoms with E-state index < -0.39 is 5.60 Å². The third-order valence-corrected chi connectivity index (χ3v) is 3.04. The molecule has 0 aromatic carbocycles. The van der Waals surface area contributed by atoms with Crippen LogP contribution in [0.2, 0.25) is 0 Å². The number of fused-ring (bicyclic) bond motifs is 1. The van der Waals surface area contributed by atoms with Gasteiger partial charge in [0.2, 0.25) is 0 Å². The lowest BCUT2D eigenvalue weighted by atomic mass is 10.1. The summed E-state index contributed by atoms with van der Waals surface area (Å²) in [6.07, 6.45) is -0.361. The van der Waals surface area contributed by atoms with Gasteiger partial charge in [0.1, 0.15) is 18.2 Å². The Kier molecular flexibility index (Phi) is 3.47. The number of esters is 1. The number of carbonyl (C=O) groups excluding carboxylic acids is 2. The minimum atomic E-state index is -0.513. The summed E-state index contributed by atoms with van der Waals surface area (Å²) < 4.78 is 10.3. The van der Waals surface area contributed by atoms with E-state index in [1.54, 1.807) is 4.90 Å². The molecule has 0 radical (unpaired) electrons. The first-order valence-corrected chi connectivity index (χ1v) is 6.25. The number of hydrogen-bond donors (Lipinski definition) is 0. The van der Waals surface area contributed by atoms with Crippen molar-refractivity contribution in [2.75, 3.05) is 32.8 Å². The van der Waals surface area contributed by atoms with Crippen LogP contribution in [0.3, 0.4) is 0 Å². The van der Waals surface area contributed by atoms with Gasteiger partial charge in [0.25, 0.3) is 0 Å². The van der Waals surface area contributed by atoms with Crippen LogP contribution in [-0.2, 0) is 14.3 Å². The molecule has 2 aliphatic rings. The number of cyclic esters (lactones) is 1. The van der Waals surface area contributed by atoms with Crippen LogP contribution in [-0.4, -0.2) is 66.3 Å². The van der Waals surface area contributed by atoms with Crippen LogP contribution in [0.15, 0.2) is 0 Å². The third kappa shape index (κ3) is 2.93. The van der Waals surface area contributed by atoms with Gasteiger partial charge in [0.05, 0.1) is 6.54 Å². The SMILES string of the molecule is CC(C)(C)OC(=O)N1CCN2CCOC(=O)C2C1. The molecule has 1 unspecified atom stereocenters. The van der Waals surface area contributed by atoms with Crippen molar-refractivity contribution in [2.45, 2.75) is 32.4 Å². The van der Waals surface area contributed by atoms with Crippen molar-refractivity contribution in [3.8, 4) is 0 Å². The Morgan fingerprint density at radius 3 is 2.72 bits per heavy atom. The second-order valence-corrected chi connectivity index (χ2v) is 5.65. The van der Waals surface area contributed by atoms with E-state index in [9.17, 15) is 9.59 Å². The van der Waals surface area contributed by atoms with Crippen molar-refractivity contribution < 1.29 is 19.1 Å². The molecule has 102 valence electrons. The van der Waals surface area contributed by atoms with E-state index >= 15 is 0 Å². The topological polar surface area (TPSA) is 59.1 Å². The number of hydrogen-bond acceptors (Lipinski definition) is 5. The summed E-state index contributed by atoms with van der Waals surface area (Å²) in [5.74, 6) is -0.241.